The van der Waals surface area contributed by atoms with E-state index in [0.29, 0.717) is 0 Å². The first-order chi connectivity index (χ1) is 11.1. The number of hydrogen-bond donors (Lipinski definition) is 2. The van der Waals surface area contributed by atoms with Crippen molar-refractivity contribution in [3.05, 3.63) is 36.2 Å². The minimum atomic E-state index is -3.32. The fourth-order valence-corrected chi connectivity index (χ4v) is 2.18. The maximum Gasteiger partial charge on any atom is 0.227 e. The second-order valence-corrected chi connectivity index (χ2v) is 7.19. The van der Waals surface area contributed by atoms with Crippen LogP contribution in [0.15, 0.2) is 30.4 Å². The molecule has 0 aliphatic heterocycles. The number of halogens is 1. The zero-order valence-corrected chi connectivity index (χ0v) is 13.9. The number of sulfone groups is 1. The third-order valence-electron chi connectivity index (χ3n) is 2.90. The molecule has 24 heavy (non-hydrogen) atoms. The Balaban J connectivity index is 2.95. The van der Waals surface area contributed by atoms with Gasteiger partial charge < -0.3 is 10.2 Å². The standard InChI is InChI=1S/C14H17FN4O4S/c1-19(14(21)3-4-24(2,22)23)13(12(16)9-20)8-18-11-5-10(15)6-17-7-11/h5-9,16,18H,3-4H2,1-2H3/b13-8+,16-12?. The highest BCUT2D eigenvalue weighted by Crippen LogP contribution is 2.10. The van der Waals surface area contributed by atoms with E-state index < -0.39 is 27.3 Å². The summed E-state index contributed by atoms with van der Waals surface area (Å²) in [7, 11) is -2.01. The van der Waals surface area contributed by atoms with Gasteiger partial charge >= 0.3 is 0 Å². The molecule has 1 amide bonds. The van der Waals surface area contributed by atoms with Crippen LogP contribution in [0.3, 0.4) is 0 Å². The number of carbonyl (C=O) groups is 2. The lowest BCUT2D eigenvalue weighted by atomic mass is 10.2. The number of allylic oxidation sites excluding steroid dienone is 1. The molecule has 0 saturated carbocycles. The van der Waals surface area contributed by atoms with Crippen LogP contribution in [-0.2, 0) is 19.4 Å². The van der Waals surface area contributed by atoms with Crippen LogP contribution >= 0.6 is 0 Å². The minimum absolute atomic E-state index is 0.0900. The van der Waals surface area contributed by atoms with Crippen molar-refractivity contribution < 1.29 is 22.4 Å². The summed E-state index contributed by atoms with van der Waals surface area (Å²) in [6, 6.07) is 1.14. The Kier molecular flexibility index (Phi) is 6.71. The van der Waals surface area contributed by atoms with Crippen molar-refractivity contribution >= 4 is 33.4 Å². The largest absolute Gasteiger partial charge is 0.358 e. The first kappa shape index (κ1) is 19.4. The fourth-order valence-electron chi connectivity index (χ4n) is 1.63. The molecule has 0 unspecified atom stereocenters. The van der Waals surface area contributed by atoms with Crippen molar-refractivity contribution in [2.24, 2.45) is 0 Å². The van der Waals surface area contributed by atoms with Crippen LogP contribution in [-0.4, -0.2) is 55.3 Å². The van der Waals surface area contributed by atoms with Crippen molar-refractivity contribution in [3.63, 3.8) is 0 Å². The normalized spacial score (nSPS) is 11.7. The molecular weight excluding hydrogens is 339 g/mol. The predicted molar refractivity (Wildman–Crippen MR) is 86.8 cm³/mol. The summed E-state index contributed by atoms with van der Waals surface area (Å²) < 4.78 is 35.3. The fraction of sp³-hybridized carbons (Fsp3) is 0.286. The number of carbonyl (C=O) groups excluding carboxylic acids is 2. The SMILES string of the molecule is CN(C(=O)CCS(C)(=O)=O)/C(=C/Nc1cncc(F)c1)C(=N)C=O. The van der Waals surface area contributed by atoms with Crippen molar-refractivity contribution in [2.45, 2.75) is 6.42 Å². The summed E-state index contributed by atoms with van der Waals surface area (Å²) in [6.07, 6.45) is 4.43. The molecule has 1 heterocycles. The van der Waals surface area contributed by atoms with E-state index >= 15 is 0 Å². The summed E-state index contributed by atoms with van der Waals surface area (Å²) in [5.74, 6) is -1.52. The monoisotopic (exact) mass is 356 g/mol. The molecule has 0 spiro atoms. The number of aldehydes is 1. The number of rotatable bonds is 8. The lowest BCUT2D eigenvalue weighted by Gasteiger charge is -2.20. The van der Waals surface area contributed by atoms with Gasteiger partial charge in [-0.15, -0.1) is 0 Å². The number of pyridine rings is 1. The van der Waals surface area contributed by atoms with E-state index in [1.165, 1.54) is 19.4 Å². The molecule has 0 aliphatic rings. The topological polar surface area (TPSA) is 120 Å². The molecule has 1 rings (SSSR count). The van der Waals surface area contributed by atoms with Gasteiger partial charge in [-0.3, -0.25) is 20.0 Å². The molecule has 0 radical (unpaired) electrons. The van der Waals surface area contributed by atoms with Gasteiger partial charge in [-0.2, -0.15) is 0 Å². The van der Waals surface area contributed by atoms with E-state index in [1.54, 1.807) is 0 Å². The molecule has 1 aromatic heterocycles. The van der Waals surface area contributed by atoms with Crippen molar-refractivity contribution in [1.82, 2.24) is 9.88 Å². The van der Waals surface area contributed by atoms with E-state index in [4.69, 9.17) is 5.41 Å². The molecule has 2 N–H and O–H groups in total. The minimum Gasteiger partial charge on any atom is -0.358 e. The third kappa shape index (κ3) is 6.24. The quantitative estimate of drug-likeness (QED) is 0.519. The Labute approximate surface area is 138 Å². The average Bonchev–Trinajstić information content (AvgIpc) is 2.51. The summed E-state index contributed by atoms with van der Waals surface area (Å²) >= 11 is 0. The number of anilines is 1. The van der Waals surface area contributed by atoms with E-state index in [2.05, 4.69) is 10.3 Å². The van der Waals surface area contributed by atoms with Gasteiger partial charge in [0.1, 0.15) is 21.4 Å². The lowest BCUT2D eigenvalue weighted by Crippen LogP contribution is -2.32. The Bertz CT molecular complexity index is 777. The molecule has 130 valence electrons. The molecular formula is C14H17FN4O4S. The van der Waals surface area contributed by atoms with Crippen LogP contribution in [0.1, 0.15) is 6.42 Å². The number of hydrogen-bond acceptors (Lipinski definition) is 7. The summed E-state index contributed by atoms with van der Waals surface area (Å²) in [4.78, 5) is 27.5. The average molecular weight is 356 g/mol. The van der Waals surface area contributed by atoms with Gasteiger partial charge in [0, 0.05) is 32.0 Å². The van der Waals surface area contributed by atoms with Gasteiger partial charge in [0.2, 0.25) is 5.91 Å². The highest BCUT2D eigenvalue weighted by Gasteiger charge is 2.18. The Morgan fingerprint density at radius 3 is 2.67 bits per heavy atom. The molecule has 0 bridgehead atoms. The van der Waals surface area contributed by atoms with Gasteiger partial charge in [0.15, 0.2) is 6.29 Å². The smallest absolute Gasteiger partial charge is 0.227 e. The maximum atomic E-state index is 13.1. The Morgan fingerprint density at radius 2 is 2.12 bits per heavy atom. The van der Waals surface area contributed by atoms with Gasteiger partial charge in [-0.25, -0.2) is 12.8 Å². The Morgan fingerprint density at radius 1 is 1.46 bits per heavy atom. The first-order valence-electron chi connectivity index (χ1n) is 6.69. The van der Waals surface area contributed by atoms with Crippen molar-refractivity contribution in [3.8, 4) is 0 Å². The molecule has 0 fully saturated rings. The predicted octanol–water partition coefficient (Wildman–Crippen LogP) is 0.586. The van der Waals surface area contributed by atoms with Gasteiger partial charge in [-0.1, -0.05) is 0 Å². The molecule has 8 nitrogen and oxygen atoms in total. The van der Waals surface area contributed by atoms with Crippen molar-refractivity contribution in [2.75, 3.05) is 24.4 Å². The van der Waals surface area contributed by atoms with Crippen LogP contribution < -0.4 is 5.32 Å². The lowest BCUT2D eigenvalue weighted by molar-refractivity contribution is -0.127. The van der Waals surface area contributed by atoms with Crippen LogP contribution in [0.25, 0.3) is 0 Å². The van der Waals surface area contributed by atoms with Gasteiger partial charge in [0.05, 0.1) is 29.5 Å². The zero-order chi connectivity index (χ0) is 18.3. The van der Waals surface area contributed by atoms with Crippen molar-refractivity contribution in [1.29, 1.82) is 5.41 Å². The van der Waals surface area contributed by atoms with Crippen LogP contribution in [0.2, 0.25) is 0 Å². The maximum absolute atomic E-state index is 13.1. The van der Waals surface area contributed by atoms with Crippen LogP contribution in [0, 0.1) is 11.2 Å². The number of nitrogens with zero attached hydrogens (tertiary/aromatic N) is 2. The number of amides is 1. The molecule has 10 heteroatoms. The van der Waals surface area contributed by atoms with Gasteiger partial charge in [0.25, 0.3) is 0 Å². The van der Waals surface area contributed by atoms with E-state index in [0.717, 1.165) is 23.4 Å². The highest BCUT2D eigenvalue weighted by atomic mass is 32.2. The summed E-state index contributed by atoms with van der Waals surface area (Å²) in [6.45, 7) is 0. The molecule has 0 atom stereocenters. The highest BCUT2D eigenvalue weighted by molar-refractivity contribution is 7.90. The number of aromatic nitrogens is 1. The van der Waals surface area contributed by atoms with E-state index in [1.807, 2.05) is 0 Å². The van der Waals surface area contributed by atoms with E-state index in [9.17, 15) is 22.4 Å². The summed E-state index contributed by atoms with van der Waals surface area (Å²) in [5, 5.41) is 10.2. The zero-order valence-electron chi connectivity index (χ0n) is 13.1. The van der Waals surface area contributed by atoms with Crippen LogP contribution in [0.4, 0.5) is 10.1 Å². The van der Waals surface area contributed by atoms with E-state index in [-0.39, 0.29) is 29.8 Å². The molecule has 0 aromatic carbocycles. The summed E-state index contributed by atoms with van der Waals surface area (Å²) in [5.41, 5.74) is -0.335. The second-order valence-electron chi connectivity index (χ2n) is 4.93. The second kappa shape index (κ2) is 8.29. The van der Waals surface area contributed by atoms with Gasteiger partial charge in [-0.05, 0) is 0 Å². The van der Waals surface area contributed by atoms with Crippen LogP contribution in [0.5, 0.6) is 0 Å². The molecule has 0 aliphatic carbocycles. The molecule has 1 aromatic rings. The third-order valence-corrected chi connectivity index (χ3v) is 3.84. The Hall–Kier alpha value is -2.62. The first-order valence-corrected chi connectivity index (χ1v) is 8.75. The number of nitrogens with one attached hydrogen (secondary N) is 2. The molecule has 0 saturated heterocycles.